The molecule has 0 spiro atoms. The second kappa shape index (κ2) is 6.34. The first-order valence-corrected chi connectivity index (χ1v) is 6.54. The van der Waals surface area contributed by atoms with Crippen molar-refractivity contribution in [3.05, 3.63) is 35.9 Å². The standard InChI is InChI=1S/C15H18O3/c16-14(13-9-5-2-6-10-13)15(17)18-11-12-7-3-1-4-8-12/h2,5-6,9-10,12H,1,3-4,7-8,11H2. The molecular formula is C15H18O3. The van der Waals surface area contributed by atoms with Crippen LogP contribution in [-0.4, -0.2) is 18.4 Å². The smallest absolute Gasteiger partial charge is 0.379 e. The van der Waals surface area contributed by atoms with E-state index in [2.05, 4.69) is 0 Å². The summed E-state index contributed by atoms with van der Waals surface area (Å²) < 4.78 is 5.11. The molecule has 1 aromatic carbocycles. The molecule has 2 rings (SSSR count). The molecule has 1 aliphatic rings. The van der Waals surface area contributed by atoms with E-state index < -0.39 is 11.8 Å². The van der Waals surface area contributed by atoms with Gasteiger partial charge in [0, 0.05) is 5.56 Å². The molecule has 0 amide bonds. The Morgan fingerprint density at radius 3 is 2.39 bits per heavy atom. The van der Waals surface area contributed by atoms with Gasteiger partial charge in [-0.3, -0.25) is 4.79 Å². The van der Waals surface area contributed by atoms with Crippen LogP contribution in [0.15, 0.2) is 30.3 Å². The van der Waals surface area contributed by atoms with Crippen LogP contribution in [0.25, 0.3) is 0 Å². The summed E-state index contributed by atoms with van der Waals surface area (Å²) in [6, 6.07) is 8.54. The van der Waals surface area contributed by atoms with Gasteiger partial charge in [-0.25, -0.2) is 4.79 Å². The summed E-state index contributed by atoms with van der Waals surface area (Å²) in [6.45, 7) is 0.386. The zero-order valence-corrected chi connectivity index (χ0v) is 10.4. The molecule has 0 heterocycles. The van der Waals surface area contributed by atoms with Crippen molar-refractivity contribution in [1.29, 1.82) is 0 Å². The third-order valence-corrected chi connectivity index (χ3v) is 3.40. The molecule has 1 aliphatic carbocycles. The lowest BCUT2D eigenvalue weighted by Gasteiger charge is -2.20. The minimum Gasteiger partial charge on any atom is -0.459 e. The average molecular weight is 246 g/mol. The maximum Gasteiger partial charge on any atom is 0.379 e. The van der Waals surface area contributed by atoms with Crippen LogP contribution in [0.5, 0.6) is 0 Å². The largest absolute Gasteiger partial charge is 0.459 e. The van der Waals surface area contributed by atoms with E-state index >= 15 is 0 Å². The average Bonchev–Trinajstić information content (AvgIpc) is 2.46. The molecule has 0 unspecified atom stereocenters. The molecule has 18 heavy (non-hydrogen) atoms. The van der Waals surface area contributed by atoms with Crippen LogP contribution in [0.1, 0.15) is 42.5 Å². The SMILES string of the molecule is O=C(OCC1CCCCC1)C(=O)c1ccccc1. The predicted molar refractivity (Wildman–Crippen MR) is 68.3 cm³/mol. The van der Waals surface area contributed by atoms with Crippen molar-refractivity contribution in [2.24, 2.45) is 5.92 Å². The van der Waals surface area contributed by atoms with E-state index in [-0.39, 0.29) is 0 Å². The molecule has 96 valence electrons. The fourth-order valence-corrected chi connectivity index (χ4v) is 2.32. The summed E-state index contributed by atoms with van der Waals surface area (Å²) in [5, 5.41) is 0. The lowest BCUT2D eigenvalue weighted by atomic mass is 9.90. The van der Waals surface area contributed by atoms with Gasteiger partial charge in [0.2, 0.25) is 0 Å². The summed E-state index contributed by atoms with van der Waals surface area (Å²) in [4.78, 5) is 23.4. The van der Waals surface area contributed by atoms with Crippen molar-refractivity contribution < 1.29 is 14.3 Å². The highest BCUT2D eigenvalue weighted by molar-refractivity contribution is 6.40. The van der Waals surface area contributed by atoms with E-state index in [4.69, 9.17) is 4.74 Å². The number of carbonyl (C=O) groups is 2. The Morgan fingerprint density at radius 1 is 1.06 bits per heavy atom. The summed E-state index contributed by atoms with van der Waals surface area (Å²) in [5.41, 5.74) is 0.395. The number of ketones is 1. The molecule has 0 aromatic heterocycles. The van der Waals surface area contributed by atoms with Gasteiger partial charge in [0.05, 0.1) is 6.61 Å². The molecule has 0 radical (unpaired) electrons. The van der Waals surface area contributed by atoms with Crippen LogP contribution < -0.4 is 0 Å². The van der Waals surface area contributed by atoms with Gasteiger partial charge >= 0.3 is 5.97 Å². The number of esters is 1. The molecule has 0 bridgehead atoms. The summed E-state index contributed by atoms with van der Waals surface area (Å²) in [6.07, 6.45) is 5.89. The minimum atomic E-state index is -0.730. The van der Waals surface area contributed by atoms with Crippen molar-refractivity contribution in [2.75, 3.05) is 6.61 Å². The fourth-order valence-electron chi connectivity index (χ4n) is 2.32. The highest BCUT2D eigenvalue weighted by Gasteiger charge is 2.20. The third kappa shape index (κ3) is 3.42. The maximum atomic E-state index is 11.7. The highest BCUT2D eigenvalue weighted by atomic mass is 16.5. The topological polar surface area (TPSA) is 43.4 Å². The van der Waals surface area contributed by atoms with E-state index in [0.717, 1.165) is 12.8 Å². The lowest BCUT2D eigenvalue weighted by molar-refractivity contribution is -0.139. The van der Waals surface area contributed by atoms with Gasteiger partial charge in [0.25, 0.3) is 5.78 Å². The number of hydrogen-bond acceptors (Lipinski definition) is 3. The van der Waals surface area contributed by atoms with Crippen molar-refractivity contribution in [1.82, 2.24) is 0 Å². The van der Waals surface area contributed by atoms with Crippen LogP contribution in [0, 0.1) is 5.92 Å². The first-order valence-electron chi connectivity index (χ1n) is 6.54. The van der Waals surface area contributed by atoms with Crippen molar-refractivity contribution >= 4 is 11.8 Å². The van der Waals surface area contributed by atoms with E-state index in [0.29, 0.717) is 18.1 Å². The van der Waals surface area contributed by atoms with Crippen LogP contribution in [0.2, 0.25) is 0 Å². The van der Waals surface area contributed by atoms with E-state index in [1.165, 1.54) is 19.3 Å². The Kier molecular flexibility index (Phi) is 4.51. The normalized spacial score (nSPS) is 16.2. The molecule has 0 atom stereocenters. The first-order chi connectivity index (χ1) is 8.77. The number of ether oxygens (including phenoxy) is 1. The van der Waals surface area contributed by atoms with Gasteiger partial charge in [-0.2, -0.15) is 0 Å². The van der Waals surface area contributed by atoms with Crippen molar-refractivity contribution in [2.45, 2.75) is 32.1 Å². The van der Waals surface area contributed by atoms with E-state index in [1.54, 1.807) is 24.3 Å². The van der Waals surface area contributed by atoms with Gasteiger partial charge in [-0.05, 0) is 18.8 Å². The number of hydrogen-bond donors (Lipinski definition) is 0. The molecular weight excluding hydrogens is 228 g/mol. The Balaban J connectivity index is 1.82. The number of benzene rings is 1. The van der Waals surface area contributed by atoms with Crippen molar-refractivity contribution in [3.8, 4) is 0 Å². The molecule has 0 N–H and O–H groups in total. The minimum absolute atomic E-state index is 0.386. The van der Waals surface area contributed by atoms with Crippen LogP contribution in [0.4, 0.5) is 0 Å². The highest BCUT2D eigenvalue weighted by Crippen LogP contribution is 2.23. The predicted octanol–water partition coefficient (Wildman–Crippen LogP) is 2.99. The van der Waals surface area contributed by atoms with Gasteiger partial charge in [0.1, 0.15) is 0 Å². The summed E-state index contributed by atoms with van der Waals surface area (Å²) >= 11 is 0. The molecule has 0 aliphatic heterocycles. The third-order valence-electron chi connectivity index (χ3n) is 3.40. The molecule has 1 fully saturated rings. The Morgan fingerprint density at radius 2 is 1.72 bits per heavy atom. The van der Waals surface area contributed by atoms with E-state index in [1.807, 2.05) is 6.07 Å². The van der Waals surface area contributed by atoms with Crippen LogP contribution >= 0.6 is 0 Å². The first kappa shape index (κ1) is 12.8. The quantitative estimate of drug-likeness (QED) is 0.466. The fraction of sp³-hybridized carbons (Fsp3) is 0.467. The molecule has 1 saturated carbocycles. The molecule has 3 heteroatoms. The Labute approximate surface area is 107 Å². The van der Waals surface area contributed by atoms with Gasteiger partial charge in [-0.15, -0.1) is 0 Å². The molecule has 0 saturated heterocycles. The second-order valence-electron chi connectivity index (χ2n) is 4.80. The Bertz CT molecular complexity index is 405. The van der Waals surface area contributed by atoms with Crippen LogP contribution in [0.3, 0.4) is 0 Å². The Hall–Kier alpha value is -1.64. The molecule has 3 nitrogen and oxygen atoms in total. The number of carbonyl (C=O) groups excluding carboxylic acids is 2. The zero-order chi connectivity index (χ0) is 12.8. The van der Waals surface area contributed by atoms with Gasteiger partial charge < -0.3 is 4.74 Å². The maximum absolute atomic E-state index is 11.7. The monoisotopic (exact) mass is 246 g/mol. The van der Waals surface area contributed by atoms with Crippen molar-refractivity contribution in [3.63, 3.8) is 0 Å². The van der Waals surface area contributed by atoms with Crippen LogP contribution in [-0.2, 0) is 9.53 Å². The molecule has 1 aromatic rings. The zero-order valence-electron chi connectivity index (χ0n) is 10.4. The second-order valence-corrected chi connectivity index (χ2v) is 4.80. The lowest BCUT2D eigenvalue weighted by Crippen LogP contribution is -2.22. The van der Waals surface area contributed by atoms with Gasteiger partial charge in [-0.1, -0.05) is 49.6 Å². The summed E-state index contributed by atoms with van der Waals surface area (Å²) in [7, 11) is 0. The summed E-state index contributed by atoms with van der Waals surface area (Å²) in [5.74, 6) is -0.843. The number of rotatable bonds is 4. The van der Waals surface area contributed by atoms with E-state index in [9.17, 15) is 9.59 Å². The van der Waals surface area contributed by atoms with Gasteiger partial charge in [0.15, 0.2) is 0 Å². The number of Topliss-reactive ketones (excluding diaryl/α,β-unsaturated/α-hetero) is 1.